The van der Waals surface area contributed by atoms with E-state index < -0.39 is 12.1 Å². The number of carbonyl (C=O) groups excluding carboxylic acids is 2. The number of nitrogens with one attached hydrogen (secondary N) is 2. The highest BCUT2D eigenvalue weighted by Crippen LogP contribution is 2.26. The molecule has 2 saturated heterocycles. The summed E-state index contributed by atoms with van der Waals surface area (Å²) in [5, 5.41) is 15.2. The summed E-state index contributed by atoms with van der Waals surface area (Å²) in [5.41, 5.74) is 5.29. The minimum absolute atomic E-state index is 0.114. The number of quaternary nitrogens is 1. The Kier molecular flexibility index (Phi) is 11.9. The number of hydrogen-bond donors (Lipinski definition) is 2. The summed E-state index contributed by atoms with van der Waals surface area (Å²) in [6.07, 6.45) is -5.19. The molecule has 5 rings (SSSR count). The number of amides is 1. The minimum Gasteiger partial charge on any atom is -0.542 e. The zero-order valence-corrected chi connectivity index (χ0v) is 26.2. The van der Waals surface area contributed by atoms with Crippen LogP contribution in [0.3, 0.4) is 0 Å². The molecule has 2 aliphatic rings. The fourth-order valence-electron chi connectivity index (χ4n) is 5.43. The summed E-state index contributed by atoms with van der Waals surface area (Å²) in [5.74, 6) is -3.37. The van der Waals surface area contributed by atoms with Gasteiger partial charge in [-0.05, 0) is 52.6 Å². The van der Waals surface area contributed by atoms with Gasteiger partial charge in [0.15, 0.2) is 0 Å². The summed E-state index contributed by atoms with van der Waals surface area (Å²) in [7, 11) is 4.55. The van der Waals surface area contributed by atoms with Crippen molar-refractivity contribution in [1.82, 2.24) is 20.4 Å². The maximum atomic E-state index is 14.9. The number of benzene rings is 3. The number of hydrogen-bond acceptors (Lipinski definition) is 6. The Balaban J connectivity index is 0.000000617. The van der Waals surface area contributed by atoms with Crippen LogP contribution in [0, 0.1) is 5.82 Å². The molecular formula is C34H41F4N5O3. The van der Waals surface area contributed by atoms with Crippen LogP contribution in [0.2, 0.25) is 0 Å². The van der Waals surface area contributed by atoms with Crippen LogP contribution >= 0.6 is 0 Å². The molecule has 0 radical (unpaired) electrons. The van der Waals surface area contributed by atoms with Crippen LogP contribution < -0.4 is 15.7 Å². The number of nitrogens with zero attached hydrogens (tertiary/aromatic N) is 3. The van der Waals surface area contributed by atoms with E-state index in [1.807, 2.05) is 36.4 Å². The highest BCUT2D eigenvalue weighted by Gasteiger charge is 2.29. The highest BCUT2D eigenvalue weighted by atomic mass is 19.4. The number of halogens is 4. The molecule has 3 aromatic rings. The molecule has 1 amide bonds. The molecule has 2 heterocycles. The molecule has 2 N–H and O–H groups in total. The molecule has 2 aliphatic heterocycles. The largest absolute Gasteiger partial charge is 0.542 e. The van der Waals surface area contributed by atoms with Crippen LogP contribution in [0.25, 0.3) is 11.1 Å². The van der Waals surface area contributed by atoms with Crippen LogP contribution in [-0.2, 0) is 24.4 Å². The predicted octanol–water partition coefficient (Wildman–Crippen LogP) is 3.02. The third-order valence-electron chi connectivity index (χ3n) is 8.21. The van der Waals surface area contributed by atoms with Gasteiger partial charge in [0.05, 0.1) is 27.2 Å². The van der Waals surface area contributed by atoms with Crippen LogP contribution in [-0.4, -0.2) is 98.8 Å². The van der Waals surface area contributed by atoms with Crippen LogP contribution in [0.5, 0.6) is 0 Å². The van der Waals surface area contributed by atoms with E-state index in [9.17, 15) is 22.4 Å². The first-order chi connectivity index (χ1) is 21.8. The minimum atomic E-state index is -5.19. The number of aliphatic carboxylic acids is 1. The average Bonchev–Trinajstić information content (AvgIpc) is 3.02. The summed E-state index contributed by atoms with van der Waals surface area (Å²) >= 11 is 0. The first-order valence-electron chi connectivity index (χ1n) is 15.3. The number of likely N-dealkylation sites (N-methyl/N-ethyl adjacent to an activating group) is 1. The maximum Gasteiger partial charge on any atom is 0.430 e. The SMILES string of the molecule is C[N+]1(C)CCN(Cc2cccc(C(=O)NCc3ccc(F)c(-c4cccc(CN5CCNCC5)c4)c3)c2)CC1.O=C([O-])C(F)(F)F. The summed E-state index contributed by atoms with van der Waals surface area (Å²) in [6.45, 7) is 10.5. The zero-order valence-electron chi connectivity index (χ0n) is 26.2. The third kappa shape index (κ3) is 10.6. The van der Waals surface area contributed by atoms with Gasteiger partial charge in [-0.2, -0.15) is 13.2 Å². The number of piperazine rings is 2. The predicted molar refractivity (Wildman–Crippen MR) is 166 cm³/mol. The summed E-state index contributed by atoms with van der Waals surface area (Å²) < 4.78 is 47.5. The Hall–Kier alpha value is -3.84. The van der Waals surface area contributed by atoms with Crippen LogP contribution in [0.4, 0.5) is 17.6 Å². The van der Waals surface area contributed by atoms with Crippen molar-refractivity contribution in [2.45, 2.75) is 25.8 Å². The van der Waals surface area contributed by atoms with Crippen molar-refractivity contribution in [3.63, 3.8) is 0 Å². The summed E-state index contributed by atoms with van der Waals surface area (Å²) in [6, 6.07) is 21.1. The van der Waals surface area contributed by atoms with Crippen molar-refractivity contribution in [3.05, 3.63) is 94.8 Å². The Labute approximate surface area is 267 Å². The number of carboxylic acids is 1. The van der Waals surface area contributed by atoms with Gasteiger partial charge in [-0.25, -0.2) is 4.39 Å². The van der Waals surface area contributed by atoms with Crippen molar-refractivity contribution < 1.29 is 36.7 Å². The monoisotopic (exact) mass is 643 g/mol. The molecule has 8 nitrogen and oxygen atoms in total. The molecule has 0 atom stereocenters. The first kappa shape index (κ1) is 35.0. The molecule has 2 fully saturated rings. The van der Waals surface area contributed by atoms with Crippen molar-refractivity contribution in [1.29, 1.82) is 0 Å². The lowest BCUT2D eigenvalue weighted by molar-refractivity contribution is -0.894. The Morgan fingerprint density at radius 3 is 2.07 bits per heavy atom. The number of alkyl halides is 3. The molecule has 0 bridgehead atoms. The van der Waals surface area contributed by atoms with E-state index in [1.54, 1.807) is 6.07 Å². The topological polar surface area (TPSA) is 87.7 Å². The fourth-order valence-corrected chi connectivity index (χ4v) is 5.43. The number of rotatable bonds is 8. The number of carboxylic acid groups (broad SMARTS) is 1. The highest BCUT2D eigenvalue weighted by molar-refractivity contribution is 5.94. The standard InChI is InChI=1S/C32H40FN5O.C2HF3O2/c1-38(2)17-15-37(16-18-38)24-27-6-4-8-29(20-27)32(39)35-22-25-9-10-31(33)30(21-25)28-7-3-5-26(19-28)23-36-13-11-34-12-14-36;3-2(4,5)1(6)7/h3-10,19-21,34H,11-18,22-24H2,1-2H3;(H,6,7). The normalized spacial score (nSPS) is 17.1. The second-order valence-electron chi connectivity index (χ2n) is 12.4. The van der Waals surface area contributed by atoms with Crippen molar-refractivity contribution in [2.75, 3.05) is 66.5 Å². The van der Waals surface area contributed by atoms with Gasteiger partial charge < -0.3 is 25.0 Å². The van der Waals surface area contributed by atoms with E-state index in [-0.39, 0.29) is 11.7 Å². The quantitative estimate of drug-likeness (QED) is 0.290. The van der Waals surface area contributed by atoms with Gasteiger partial charge >= 0.3 is 6.18 Å². The number of carbonyl (C=O) groups is 2. The van der Waals surface area contributed by atoms with Gasteiger partial charge in [-0.15, -0.1) is 0 Å². The maximum absolute atomic E-state index is 14.9. The molecule has 0 unspecified atom stereocenters. The summed E-state index contributed by atoms with van der Waals surface area (Å²) in [4.78, 5) is 26.7. The zero-order chi connectivity index (χ0) is 33.3. The molecular weight excluding hydrogens is 602 g/mol. The third-order valence-corrected chi connectivity index (χ3v) is 8.21. The van der Waals surface area contributed by atoms with Crippen molar-refractivity contribution >= 4 is 11.9 Å². The molecule has 3 aromatic carbocycles. The Morgan fingerprint density at radius 2 is 1.43 bits per heavy atom. The van der Waals surface area contributed by atoms with Gasteiger partial charge in [-0.1, -0.05) is 36.4 Å². The lowest BCUT2D eigenvalue weighted by atomic mass is 10.00. The van der Waals surface area contributed by atoms with Crippen LogP contribution in [0.15, 0.2) is 66.7 Å². The van der Waals surface area contributed by atoms with E-state index in [4.69, 9.17) is 9.90 Å². The lowest BCUT2D eigenvalue weighted by Crippen LogP contribution is -2.54. The average molecular weight is 644 g/mol. The van der Waals surface area contributed by atoms with Crippen LogP contribution in [0.1, 0.15) is 27.0 Å². The van der Waals surface area contributed by atoms with Gasteiger partial charge in [0, 0.05) is 70.0 Å². The smallest absolute Gasteiger partial charge is 0.430 e. The fraction of sp³-hybridized carbons (Fsp3) is 0.412. The van der Waals surface area contributed by atoms with E-state index in [1.165, 1.54) is 11.6 Å². The second kappa shape index (κ2) is 15.6. The Morgan fingerprint density at radius 1 is 0.848 bits per heavy atom. The molecule has 0 aliphatic carbocycles. The van der Waals surface area contributed by atoms with Crippen molar-refractivity contribution in [2.24, 2.45) is 0 Å². The molecule has 46 heavy (non-hydrogen) atoms. The Bertz CT molecular complexity index is 1480. The molecule has 0 spiro atoms. The molecule has 248 valence electrons. The lowest BCUT2D eigenvalue weighted by Gasteiger charge is -2.39. The molecule has 0 aromatic heterocycles. The van der Waals surface area contributed by atoms with Gasteiger partial charge in [-0.3, -0.25) is 14.6 Å². The second-order valence-corrected chi connectivity index (χ2v) is 12.4. The van der Waals surface area contributed by atoms with E-state index in [2.05, 4.69) is 52.7 Å². The molecule has 12 heteroatoms. The first-order valence-corrected chi connectivity index (χ1v) is 15.3. The van der Waals surface area contributed by atoms with E-state index >= 15 is 0 Å². The van der Waals surface area contributed by atoms with Gasteiger partial charge in [0.1, 0.15) is 11.8 Å². The van der Waals surface area contributed by atoms with Gasteiger partial charge in [0.25, 0.3) is 5.91 Å². The molecule has 0 saturated carbocycles. The van der Waals surface area contributed by atoms with E-state index in [0.29, 0.717) is 17.7 Å². The van der Waals surface area contributed by atoms with E-state index in [0.717, 1.165) is 86.6 Å². The van der Waals surface area contributed by atoms with Gasteiger partial charge in [0.2, 0.25) is 0 Å². The van der Waals surface area contributed by atoms with Crippen molar-refractivity contribution in [3.8, 4) is 11.1 Å².